The van der Waals surface area contributed by atoms with E-state index >= 15 is 0 Å². The molecular formula is C64H55N. The van der Waals surface area contributed by atoms with Crippen molar-refractivity contribution < 1.29 is 0 Å². The monoisotopic (exact) mass is 837 g/mol. The lowest BCUT2D eigenvalue weighted by molar-refractivity contribution is 0.332. The molecule has 0 saturated carbocycles. The standard InChI is InChI=1S/C64H55N/c1-44-40-59-60(63(4,5)39-38-62(59,2)3)42-54(44)56-41-55-53-28-18-19-29-57(53)64(49-24-14-8-15-25-49,50-26-16-9-17-27-50)58(55)43-61(56)65(51-34-30-47(31-35-51)45-20-10-6-11-21-45)52-36-32-48(33-37-52)46-22-12-7-13-23-46/h6-37,40-43H,38-39H2,1-5H3. The highest BCUT2D eigenvalue weighted by atomic mass is 15.1. The second kappa shape index (κ2) is 15.8. The predicted molar refractivity (Wildman–Crippen MR) is 275 cm³/mol. The normalized spacial score (nSPS) is 15.1. The summed E-state index contributed by atoms with van der Waals surface area (Å²) in [5, 5.41) is 0. The van der Waals surface area contributed by atoms with E-state index in [0.29, 0.717) is 0 Å². The van der Waals surface area contributed by atoms with Gasteiger partial charge in [0.1, 0.15) is 0 Å². The third kappa shape index (κ3) is 6.76. The minimum atomic E-state index is -0.557. The summed E-state index contributed by atoms with van der Waals surface area (Å²) in [6.07, 6.45) is 2.34. The number of aryl methyl sites for hydroxylation is 1. The van der Waals surface area contributed by atoms with Crippen LogP contribution in [-0.4, -0.2) is 0 Å². The smallest absolute Gasteiger partial charge is 0.0714 e. The zero-order chi connectivity index (χ0) is 44.3. The minimum absolute atomic E-state index is 0.0484. The molecule has 11 rings (SSSR count). The average Bonchev–Trinajstić information content (AvgIpc) is 3.64. The molecular weight excluding hydrogens is 783 g/mol. The van der Waals surface area contributed by atoms with Gasteiger partial charge in [-0.1, -0.05) is 204 Å². The van der Waals surface area contributed by atoms with Crippen molar-refractivity contribution in [1.29, 1.82) is 0 Å². The van der Waals surface area contributed by atoms with Crippen molar-refractivity contribution in [3.63, 3.8) is 0 Å². The van der Waals surface area contributed by atoms with E-state index in [1.165, 1.54) is 89.9 Å². The molecule has 316 valence electrons. The number of hydrogen-bond donors (Lipinski definition) is 0. The topological polar surface area (TPSA) is 3.24 Å². The molecule has 0 unspecified atom stereocenters. The molecule has 9 aromatic carbocycles. The van der Waals surface area contributed by atoms with Crippen LogP contribution >= 0.6 is 0 Å². The molecule has 1 heteroatoms. The summed E-state index contributed by atoms with van der Waals surface area (Å²) in [6, 6.07) is 81.6. The zero-order valence-electron chi connectivity index (χ0n) is 38.1. The van der Waals surface area contributed by atoms with Crippen molar-refractivity contribution in [2.24, 2.45) is 0 Å². The van der Waals surface area contributed by atoms with Crippen LogP contribution in [0.25, 0.3) is 44.5 Å². The fourth-order valence-corrected chi connectivity index (χ4v) is 11.2. The van der Waals surface area contributed by atoms with E-state index in [4.69, 9.17) is 0 Å². The summed E-state index contributed by atoms with van der Waals surface area (Å²) in [5.74, 6) is 0. The Labute approximate surface area is 385 Å². The van der Waals surface area contributed by atoms with Gasteiger partial charge in [-0.2, -0.15) is 0 Å². The van der Waals surface area contributed by atoms with Crippen molar-refractivity contribution in [2.45, 2.75) is 63.7 Å². The van der Waals surface area contributed by atoms with Gasteiger partial charge >= 0.3 is 0 Å². The molecule has 0 spiro atoms. The third-order valence-corrected chi connectivity index (χ3v) is 14.8. The summed E-state index contributed by atoms with van der Waals surface area (Å²) < 4.78 is 0. The third-order valence-electron chi connectivity index (χ3n) is 14.8. The lowest BCUT2D eigenvalue weighted by Crippen LogP contribution is -2.34. The molecule has 2 aliphatic rings. The molecule has 0 fully saturated rings. The number of anilines is 3. The lowest BCUT2D eigenvalue weighted by Gasteiger charge is -2.42. The van der Waals surface area contributed by atoms with Crippen molar-refractivity contribution in [3.8, 4) is 44.5 Å². The van der Waals surface area contributed by atoms with Crippen LogP contribution in [0.2, 0.25) is 0 Å². The number of rotatable bonds is 8. The predicted octanol–water partition coefficient (Wildman–Crippen LogP) is 17.2. The molecule has 9 aromatic rings. The fourth-order valence-electron chi connectivity index (χ4n) is 11.2. The van der Waals surface area contributed by atoms with E-state index in [0.717, 1.165) is 23.5 Å². The lowest BCUT2D eigenvalue weighted by atomic mass is 9.62. The van der Waals surface area contributed by atoms with E-state index in [2.05, 4.69) is 258 Å². The minimum Gasteiger partial charge on any atom is -0.310 e. The van der Waals surface area contributed by atoms with Gasteiger partial charge in [0.15, 0.2) is 0 Å². The summed E-state index contributed by atoms with van der Waals surface area (Å²) >= 11 is 0. The molecule has 65 heavy (non-hydrogen) atoms. The Kier molecular flexibility index (Phi) is 9.85. The Bertz CT molecular complexity index is 3040. The van der Waals surface area contributed by atoms with Crippen LogP contribution in [0, 0.1) is 6.92 Å². The van der Waals surface area contributed by atoms with E-state index in [1.807, 2.05) is 0 Å². The van der Waals surface area contributed by atoms with Crippen LogP contribution in [0.15, 0.2) is 218 Å². The van der Waals surface area contributed by atoms with Crippen LogP contribution in [0.4, 0.5) is 17.1 Å². The van der Waals surface area contributed by atoms with Gasteiger partial charge < -0.3 is 4.90 Å². The van der Waals surface area contributed by atoms with Crippen LogP contribution in [0.1, 0.15) is 79.5 Å². The second-order valence-corrected chi connectivity index (χ2v) is 19.6. The van der Waals surface area contributed by atoms with Gasteiger partial charge in [-0.3, -0.25) is 0 Å². The van der Waals surface area contributed by atoms with E-state index < -0.39 is 5.41 Å². The van der Waals surface area contributed by atoms with E-state index in [9.17, 15) is 0 Å². The van der Waals surface area contributed by atoms with Gasteiger partial charge in [-0.05, 0) is 151 Å². The first-order valence-electron chi connectivity index (χ1n) is 23.3. The molecule has 0 saturated heterocycles. The van der Waals surface area contributed by atoms with Gasteiger partial charge in [-0.25, -0.2) is 0 Å². The van der Waals surface area contributed by atoms with Crippen LogP contribution in [-0.2, 0) is 16.2 Å². The molecule has 0 heterocycles. The molecule has 0 aromatic heterocycles. The maximum Gasteiger partial charge on any atom is 0.0714 e. The first-order chi connectivity index (χ1) is 31.6. The van der Waals surface area contributed by atoms with Crippen molar-refractivity contribution in [1.82, 2.24) is 0 Å². The average molecular weight is 838 g/mol. The highest BCUT2D eigenvalue weighted by molar-refractivity contribution is 5.97. The maximum atomic E-state index is 2.58. The van der Waals surface area contributed by atoms with Gasteiger partial charge in [-0.15, -0.1) is 0 Å². The highest BCUT2D eigenvalue weighted by Gasteiger charge is 2.47. The fraction of sp³-hybridized carbons (Fsp3) is 0.156. The van der Waals surface area contributed by atoms with Crippen molar-refractivity contribution >= 4 is 17.1 Å². The van der Waals surface area contributed by atoms with Crippen molar-refractivity contribution in [3.05, 3.63) is 257 Å². The molecule has 0 bridgehead atoms. The quantitative estimate of drug-likeness (QED) is 0.147. The summed E-state index contributed by atoms with van der Waals surface area (Å²) in [5.41, 5.74) is 22.2. The van der Waals surface area contributed by atoms with Gasteiger partial charge in [0.2, 0.25) is 0 Å². The largest absolute Gasteiger partial charge is 0.310 e. The Morgan fingerprint density at radius 1 is 0.338 bits per heavy atom. The first-order valence-corrected chi connectivity index (χ1v) is 23.3. The van der Waals surface area contributed by atoms with Crippen LogP contribution < -0.4 is 4.90 Å². The molecule has 0 radical (unpaired) electrons. The molecule has 2 aliphatic carbocycles. The van der Waals surface area contributed by atoms with E-state index in [1.54, 1.807) is 0 Å². The number of fused-ring (bicyclic) bond motifs is 4. The Hall–Kier alpha value is -7.22. The summed E-state index contributed by atoms with van der Waals surface area (Å²) in [6.45, 7) is 12.1. The van der Waals surface area contributed by atoms with Gasteiger partial charge in [0, 0.05) is 16.9 Å². The molecule has 0 N–H and O–H groups in total. The number of benzene rings is 9. The Balaban J connectivity index is 1.24. The summed E-state index contributed by atoms with van der Waals surface area (Å²) in [4.78, 5) is 2.52. The van der Waals surface area contributed by atoms with Gasteiger partial charge in [0.05, 0.1) is 11.1 Å². The summed E-state index contributed by atoms with van der Waals surface area (Å²) in [7, 11) is 0. The highest BCUT2D eigenvalue weighted by Crippen LogP contribution is 2.59. The SMILES string of the molecule is Cc1cc2c(cc1-c1cc3c(cc1N(c1ccc(-c4ccccc4)cc1)c1ccc(-c4ccccc4)cc1)C(c1ccccc1)(c1ccccc1)c1ccccc1-3)C(C)(C)CCC2(C)C. The van der Waals surface area contributed by atoms with Crippen LogP contribution in [0.3, 0.4) is 0 Å². The van der Waals surface area contributed by atoms with Crippen LogP contribution in [0.5, 0.6) is 0 Å². The molecule has 0 aliphatic heterocycles. The molecule has 1 nitrogen and oxygen atoms in total. The van der Waals surface area contributed by atoms with Gasteiger partial charge in [0.25, 0.3) is 0 Å². The zero-order valence-corrected chi connectivity index (χ0v) is 38.1. The Morgan fingerprint density at radius 3 is 1.28 bits per heavy atom. The first kappa shape index (κ1) is 40.5. The molecule has 0 atom stereocenters. The maximum absolute atomic E-state index is 2.58. The van der Waals surface area contributed by atoms with E-state index in [-0.39, 0.29) is 10.8 Å². The second-order valence-electron chi connectivity index (χ2n) is 19.6. The number of hydrogen-bond acceptors (Lipinski definition) is 1. The number of nitrogens with zero attached hydrogens (tertiary/aromatic N) is 1. The Morgan fingerprint density at radius 2 is 0.769 bits per heavy atom. The van der Waals surface area contributed by atoms with Crippen molar-refractivity contribution in [2.75, 3.05) is 4.90 Å². The molecule has 0 amide bonds.